The number of rotatable bonds is 5. The first-order valence-corrected chi connectivity index (χ1v) is 13.4. The van der Waals surface area contributed by atoms with E-state index in [1.54, 1.807) is 30.2 Å². The third kappa shape index (κ3) is 4.26. The highest BCUT2D eigenvalue weighted by molar-refractivity contribution is 7.98. The minimum atomic E-state index is -0.601. The maximum atomic E-state index is 13.8. The van der Waals surface area contributed by atoms with Gasteiger partial charge in [0.1, 0.15) is 0 Å². The highest BCUT2D eigenvalue weighted by Crippen LogP contribution is 2.31. The molecule has 1 atom stereocenters. The second-order valence-corrected chi connectivity index (χ2v) is 10.0. The van der Waals surface area contributed by atoms with Crippen molar-refractivity contribution in [3.63, 3.8) is 0 Å². The fourth-order valence-electron chi connectivity index (χ4n) is 4.41. The monoisotopic (exact) mass is 500 g/mol. The summed E-state index contributed by atoms with van der Waals surface area (Å²) < 4.78 is 7.58. The minimum absolute atomic E-state index is 0.171. The topological polar surface area (TPSA) is 60.7 Å². The molecule has 5 rings (SSSR count). The molecule has 0 spiro atoms. The van der Waals surface area contributed by atoms with Crippen molar-refractivity contribution in [2.24, 2.45) is 4.99 Å². The summed E-state index contributed by atoms with van der Waals surface area (Å²) in [6.45, 7) is 3.83. The predicted octanol–water partition coefficient (Wildman–Crippen LogP) is 4.67. The Morgan fingerprint density at radius 2 is 1.86 bits per heavy atom. The number of hydrogen-bond acceptors (Lipinski definition) is 6. The highest BCUT2D eigenvalue weighted by Gasteiger charge is 2.33. The number of thioether (sulfide) groups is 1. The molecule has 0 bridgehead atoms. The third-order valence-corrected chi connectivity index (χ3v) is 7.79. The van der Waals surface area contributed by atoms with Crippen molar-refractivity contribution in [3.05, 3.63) is 109 Å². The van der Waals surface area contributed by atoms with Crippen LogP contribution in [0.25, 0.3) is 16.8 Å². The van der Waals surface area contributed by atoms with Crippen LogP contribution in [0.4, 0.5) is 0 Å². The van der Waals surface area contributed by atoms with Gasteiger partial charge in [0.25, 0.3) is 5.56 Å². The summed E-state index contributed by atoms with van der Waals surface area (Å²) in [7, 11) is 0. The SMILES string of the molecule is CCOC(=O)C1=C(C)N=c2s/c(=C\c3cccc4ccccc34)c(=O)n2C1c1ccc(SC)cc1. The molecule has 0 aliphatic carbocycles. The standard InChI is InChI=1S/C28H24N2O3S2/c1-4-33-27(32)24-17(2)29-28-30(25(24)19-12-14-21(34-3)15-13-19)26(31)23(35-28)16-20-10-7-9-18-8-5-6-11-22(18)20/h5-16,25H,4H2,1-3H3/b23-16-. The molecule has 3 aromatic carbocycles. The molecule has 1 unspecified atom stereocenters. The van der Waals surface area contributed by atoms with E-state index in [1.165, 1.54) is 11.3 Å². The molecule has 1 aliphatic heterocycles. The van der Waals surface area contributed by atoms with Crippen molar-refractivity contribution >= 4 is 45.9 Å². The van der Waals surface area contributed by atoms with E-state index >= 15 is 0 Å². The summed E-state index contributed by atoms with van der Waals surface area (Å²) in [5.41, 5.74) is 2.61. The molecule has 1 aliphatic rings. The molecular formula is C28H24N2O3S2. The fourth-order valence-corrected chi connectivity index (χ4v) is 5.86. The summed E-state index contributed by atoms with van der Waals surface area (Å²) in [6, 6.07) is 21.5. The van der Waals surface area contributed by atoms with E-state index in [2.05, 4.69) is 23.2 Å². The van der Waals surface area contributed by atoms with Crippen LogP contribution in [0.15, 0.2) is 92.7 Å². The van der Waals surface area contributed by atoms with Crippen molar-refractivity contribution in [1.29, 1.82) is 0 Å². The molecular weight excluding hydrogens is 476 g/mol. The van der Waals surface area contributed by atoms with Gasteiger partial charge < -0.3 is 4.74 Å². The molecule has 2 heterocycles. The van der Waals surface area contributed by atoms with Gasteiger partial charge in [-0.2, -0.15) is 0 Å². The molecule has 4 aromatic rings. The second kappa shape index (κ2) is 9.68. The zero-order valence-electron chi connectivity index (χ0n) is 19.6. The number of carbonyl (C=O) groups excluding carboxylic acids is 1. The first-order chi connectivity index (χ1) is 17.0. The Bertz CT molecular complexity index is 1640. The van der Waals surface area contributed by atoms with Crippen molar-refractivity contribution in [2.75, 3.05) is 12.9 Å². The van der Waals surface area contributed by atoms with Gasteiger partial charge in [0, 0.05) is 4.90 Å². The average molecular weight is 501 g/mol. The van der Waals surface area contributed by atoms with Gasteiger partial charge in [-0.05, 0) is 60.2 Å². The molecule has 176 valence electrons. The first-order valence-electron chi connectivity index (χ1n) is 11.3. The number of ether oxygens (including phenoxy) is 1. The van der Waals surface area contributed by atoms with E-state index in [1.807, 2.05) is 60.9 Å². The lowest BCUT2D eigenvalue weighted by Crippen LogP contribution is -2.39. The molecule has 5 nitrogen and oxygen atoms in total. The predicted molar refractivity (Wildman–Crippen MR) is 143 cm³/mol. The summed E-state index contributed by atoms with van der Waals surface area (Å²) in [5.74, 6) is -0.448. The van der Waals surface area contributed by atoms with Gasteiger partial charge in [0.15, 0.2) is 4.80 Å². The largest absolute Gasteiger partial charge is 0.463 e. The van der Waals surface area contributed by atoms with Crippen LogP contribution >= 0.6 is 23.1 Å². The minimum Gasteiger partial charge on any atom is -0.463 e. The van der Waals surface area contributed by atoms with Crippen molar-refractivity contribution in [1.82, 2.24) is 4.57 Å². The number of hydrogen-bond donors (Lipinski definition) is 0. The normalized spacial score (nSPS) is 15.7. The van der Waals surface area contributed by atoms with Crippen LogP contribution < -0.4 is 14.9 Å². The average Bonchev–Trinajstić information content (AvgIpc) is 3.18. The number of nitrogens with zero attached hydrogens (tertiary/aromatic N) is 2. The van der Waals surface area contributed by atoms with Gasteiger partial charge in [0.05, 0.1) is 28.5 Å². The summed E-state index contributed by atoms with van der Waals surface area (Å²) in [6.07, 6.45) is 3.93. The van der Waals surface area contributed by atoms with E-state index < -0.39 is 12.0 Å². The zero-order chi connectivity index (χ0) is 24.5. The summed E-state index contributed by atoms with van der Waals surface area (Å²) in [5, 5.41) is 2.19. The van der Waals surface area contributed by atoms with Gasteiger partial charge in [0.2, 0.25) is 0 Å². The Hall–Kier alpha value is -3.42. The molecule has 0 saturated carbocycles. The number of esters is 1. The summed E-state index contributed by atoms with van der Waals surface area (Å²) in [4.78, 5) is 33.2. The molecule has 7 heteroatoms. The number of aromatic nitrogens is 1. The molecule has 0 saturated heterocycles. The van der Waals surface area contributed by atoms with Gasteiger partial charge in [-0.3, -0.25) is 9.36 Å². The van der Waals surface area contributed by atoms with E-state index in [-0.39, 0.29) is 12.2 Å². The van der Waals surface area contributed by atoms with Crippen LogP contribution in [0.1, 0.15) is 31.0 Å². The Labute approximate surface area is 211 Å². The molecule has 1 aromatic heterocycles. The number of thiazole rings is 1. The molecule has 0 amide bonds. The van der Waals surface area contributed by atoms with E-state index in [9.17, 15) is 9.59 Å². The van der Waals surface area contributed by atoms with Gasteiger partial charge >= 0.3 is 5.97 Å². The van der Waals surface area contributed by atoms with E-state index in [4.69, 9.17) is 4.74 Å². The Kier molecular flexibility index (Phi) is 6.45. The van der Waals surface area contributed by atoms with Crippen molar-refractivity contribution in [3.8, 4) is 0 Å². The van der Waals surface area contributed by atoms with E-state index in [0.717, 1.165) is 26.8 Å². The van der Waals surface area contributed by atoms with E-state index in [0.29, 0.717) is 20.6 Å². The van der Waals surface area contributed by atoms with Crippen LogP contribution in [0.5, 0.6) is 0 Å². The van der Waals surface area contributed by atoms with Crippen LogP contribution in [0.2, 0.25) is 0 Å². The maximum absolute atomic E-state index is 13.8. The summed E-state index contributed by atoms with van der Waals surface area (Å²) >= 11 is 2.98. The van der Waals surface area contributed by atoms with Crippen LogP contribution in [-0.2, 0) is 9.53 Å². The molecule has 0 fully saturated rings. The number of benzene rings is 3. The van der Waals surface area contributed by atoms with Crippen LogP contribution in [0, 0.1) is 0 Å². The van der Waals surface area contributed by atoms with Crippen molar-refractivity contribution < 1.29 is 9.53 Å². The van der Waals surface area contributed by atoms with Gasteiger partial charge in [-0.1, -0.05) is 65.9 Å². The third-order valence-electron chi connectivity index (χ3n) is 6.06. The smallest absolute Gasteiger partial charge is 0.338 e. The molecule has 0 N–H and O–H groups in total. The Morgan fingerprint density at radius 1 is 1.11 bits per heavy atom. The van der Waals surface area contributed by atoms with Crippen LogP contribution in [-0.4, -0.2) is 23.4 Å². The number of carbonyl (C=O) groups is 1. The zero-order valence-corrected chi connectivity index (χ0v) is 21.3. The maximum Gasteiger partial charge on any atom is 0.338 e. The lowest BCUT2D eigenvalue weighted by molar-refractivity contribution is -0.139. The quantitative estimate of drug-likeness (QED) is 0.295. The lowest BCUT2D eigenvalue weighted by Gasteiger charge is -2.24. The van der Waals surface area contributed by atoms with Crippen LogP contribution in [0.3, 0.4) is 0 Å². The first kappa shape index (κ1) is 23.3. The van der Waals surface area contributed by atoms with Gasteiger partial charge in [-0.25, -0.2) is 9.79 Å². The fraction of sp³-hybridized carbons (Fsp3) is 0.179. The Balaban J connectivity index is 1.74. The second-order valence-electron chi connectivity index (χ2n) is 8.14. The highest BCUT2D eigenvalue weighted by atomic mass is 32.2. The molecule has 0 radical (unpaired) electrons. The number of allylic oxidation sites excluding steroid dienone is 1. The number of fused-ring (bicyclic) bond motifs is 2. The lowest BCUT2D eigenvalue weighted by atomic mass is 9.96. The van der Waals surface area contributed by atoms with Gasteiger partial charge in [-0.15, -0.1) is 11.8 Å². The molecule has 35 heavy (non-hydrogen) atoms. The van der Waals surface area contributed by atoms with Crippen molar-refractivity contribution in [2.45, 2.75) is 24.8 Å². The Morgan fingerprint density at radius 3 is 2.60 bits per heavy atom.